The predicted molar refractivity (Wildman–Crippen MR) is 79.4 cm³/mol. The number of nitrogens with zero attached hydrogens (tertiary/aromatic N) is 2. The third-order valence-electron chi connectivity index (χ3n) is 3.66. The van der Waals surface area contributed by atoms with Crippen molar-refractivity contribution in [2.24, 2.45) is 12.0 Å². The topological polar surface area (TPSA) is 46.4 Å². The van der Waals surface area contributed by atoms with Crippen LogP contribution in [0.4, 0.5) is 5.69 Å². The lowest BCUT2D eigenvalue weighted by molar-refractivity contribution is 0.811. The minimum Gasteiger partial charge on any atom is -0.379 e. The molecule has 4 heteroatoms. The van der Waals surface area contributed by atoms with E-state index >= 15 is 0 Å². The summed E-state index contributed by atoms with van der Waals surface area (Å²) in [6, 6.07) is 8.20. The Labute approximate surface area is 111 Å². The molecule has 2 aromatic rings. The van der Waals surface area contributed by atoms with Crippen molar-refractivity contribution in [2.75, 3.05) is 11.9 Å². The van der Waals surface area contributed by atoms with Gasteiger partial charge in [-0.05, 0) is 19.9 Å². The number of aromatic nitrogens is 1. The average molecular weight is 255 g/mol. The number of aliphatic imine (C=N–C) groups is 1. The van der Waals surface area contributed by atoms with Crippen molar-refractivity contribution >= 4 is 22.3 Å². The lowest BCUT2D eigenvalue weighted by Gasteiger charge is -2.17. The Kier molecular flexibility index (Phi) is 2.66. The Hall–Kier alpha value is -2.10. The highest BCUT2D eigenvalue weighted by molar-refractivity contribution is 6.10. The highest BCUT2D eigenvalue weighted by Crippen LogP contribution is 2.27. The van der Waals surface area contributed by atoms with Gasteiger partial charge in [-0.3, -0.25) is 9.79 Å². The van der Waals surface area contributed by atoms with Gasteiger partial charge in [-0.15, -0.1) is 0 Å². The standard InChI is InChI=1S/C15H17N3O/c1-9-8-16-10(2)13-14(17-9)11-6-4-5-7-12(11)18(3)15(13)19/h4-7,9,17H,8H2,1-3H3/t9-/m1/s1. The fraction of sp³-hybridized carbons (Fsp3) is 0.333. The fourth-order valence-electron chi connectivity index (χ4n) is 2.63. The predicted octanol–water partition coefficient (Wildman–Crippen LogP) is 2.16. The van der Waals surface area contributed by atoms with E-state index in [0.717, 1.165) is 22.3 Å². The van der Waals surface area contributed by atoms with Crippen molar-refractivity contribution in [3.8, 4) is 0 Å². The number of hydrogen-bond donors (Lipinski definition) is 1. The fourth-order valence-corrected chi connectivity index (χ4v) is 2.63. The van der Waals surface area contributed by atoms with Crippen LogP contribution in [0.5, 0.6) is 0 Å². The maximum absolute atomic E-state index is 12.5. The van der Waals surface area contributed by atoms with Crippen molar-refractivity contribution in [1.82, 2.24) is 4.57 Å². The van der Waals surface area contributed by atoms with Crippen molar-refractivity contribution in [2.45, 2.75) is 19.9 Å². The molecule has 0 amide bonds. The van der Waals surface area contributed by atoms with Crippen molar-refractivity contribution in [3.05, 3.63) is 40.2 Å². The SMILES string of the molecule is CC1=NC[C@@H](C)Nc2c1c(=O)n(C)c1ccccc21. The van der Waals surface area contributed by atoms with Gasteiger partial charge in [0.25, 0.3) is 5.56 Å². The molecule has 98 valence electrons. The second kappa shape index (κ2) is 4.23. The van der Waals surface area contributed by atoms with Crippen LogP contribution in [0, 0.1) is 0 Å². The number of hydrogen-bond acceptors (Lipinski definition) is 3. The van der Waals surface area contributed by atoms with E-state index in [1.807, 2.05) is 38.2 Å². The minimum absolute atomic E-state index is 0.0107. The zero-order valence-corrected chi connectivity index (χ0v) is 11.4. The molecule has 4 nitrogen and oxygen atoms in total. The maximum atomic E-state index is 12.5. The first-order valence-corrected chi connectivity index (χ1v) is 6.49. The van der Waals surface area contributed by atoms with Gasteiger partial charge < -0.3 is 9.88 Å². The molecule has 0 saturated carbocycles. The van der Waals surface area contributed by atoms with E-state index in [2.05, 4.69) is 17.2 Å². The first-order valence-electron chi connectivity index (χ1n) is 6.49. The van der Waals surface area contributed by atoms with Gasteiger partial charge in [0.2, 0.25) is 0 Å². The summed E-state index contributed by atoms with van der Waals surface area (Å²) in [6.07, 6.45) is 0. The summed E-state index contributed by atoms with van der Waals surface area (Å²) in [7, 11) is 1.81. The van der Waals surface area contributed by atoms with Crippen LogP contribution in [0.25, 0.3) is 10.9 Å². The highest BCUT2D eigenvalue weighted by atomic mass is 16.1. The van der Waals surface area contributed by atoms with Gasteiger partial charge in [0, 0.05) is 24.2 Å². The Morgan fingerprint density at radius 1 is 1.37 bits per heavy atom. The number of aryl methyl sites for hydroxylation is 1. The van der Waals surface area contributed by atoms with E-state index in [4.69, 9.17) is 0 Å². The summed E-state index contributed by atoms with van der Waals surface area (Å²) in [6.45, 7) is 4.69. The van der Waals surface area contributed by atoms with Crippen LogP contribution in [0.1, 0.15) is 19.4 Å². The number of fused-ring (bicyclic) bond motifs is 3. The van der Waals surface area contributed by atoms with Crippen LogP contribution >= 0.6 is 0 Å². The second-order valence-corrected chi connectivity index (χ2v) is 5.10. The van der Waals surface area contributed by atoms with Gasteiger partial charge in [0.1, 0.15) is 0 Å². The molecular weight excluding hydrogens is 238 g/mol. The number of anilines is 1. The average Bonchev–Trinajstić information content (AvgIpc) is 2.56. The van der Waals surface area contributed by atoms with Crippen LogP contribution in [0.2, 0.25) is 0 Å². The molecule has 0 saturated heterocycles. The number of pyridine rings is 1. The highest BCUT2D eigenvalue weighted by Gasteiger charge is 2.20. The summed E-state index contributed by atoms with van der Waals surface area (Å²) < 4.78 is 1.70. The lowest BCUT2D eigenvalue weighted by atomic mass is 10.1. The maximum Gasteiger partial charge on any atom is 0.261 e. The molecule has 1 aliphatic rings. The van der Waals surface area contributed by atoms with Crippen molar-refractivity contribution in [3.63, 3.8) is 0 Å². The summed E-state index contributed by atoms with van der Waals surface area (Å²) in [5.41, 5.74) is 3.39. The number of benzene rings is 1. The molecule has 1 atom stereocenters. The third kappa shape index (κ3) is 1.75. The Morgan fingerprint density at radius 3 is 2.89 bits per heavy atom. The van der Waals surface area contributed by atoms with Crippen molar-refractivity contribution < 1.29 is 0 Å². The summed E-state index contributed by atoms with van der Waals surface area (Å²) >= 11 is 0. The molecule has 0 spiro atoms. The second-order valence-electron chi connectivity index (χ2n) is 5.10. The summed E-state index contributed by atoms with van der Waals surface area (Å²) in [4.78, 5) is 17.0. The van der Waals surface area contributed by atoms with E-state index in [1.54, 1.807) is 4.57 Å². The lowest BCUT2D eigenvalue weighted by Crippen LogP contribution is -2.26. The van der Waals surface area contributed by atoms with E-state index in [-0.39, 0.29) is 11.6 Å². The molecule has 0 aliphatic carbocycles. The Balaban J connectivity index is 2.49. The van der Waals surface area contributed by atoms with Crippen LogP contribution in [-0.2, 0) is 7.05 Å². The molecule has 2 heterocycles. The van der Waals surface area contributed by atoms with Gasteiger partial charge in [-0.1, -0.05) is 18.2 Å². The van der Waals surface area contributed by atoms with Gasteiger partial charge in [-0.2, -0.15) is 0 Å². The number of para-hydroxylation sites is 1. The van der Waals surface area contributed by atoms with Crippen LogP contribution < -0.4 is 10.9 Å². The molecule has 0 bridgehead atoms. The van der Waals surface area contributed by atoms with Crippen LogP contribution in [-0.4, -0.2) is 22.9 Å². The summed E-state index contributed by atoms with van der Waals surface area (Å²) in [5, 5.41) is 4.51. The zero-order valence-electron chi connectivity index (χ0n) is 11.4. The first kappa shape index (κ1) is 12.0. The van der Waals surface area contributed by atoms with Gasteiger partial charge in [0.05, 0.1) is 23.3 Å². The molecule has 3 rings (SSSR count). The smallest absolute Gasteiger partial charge is 0.261 e. The van der Waals surface area contributed by atoms with Gasteiger partial charge in [0.15, 0.2) is 0 Å². The molecule has 0 fully saturated rings. The minimum atomic E-state index is 0.0107. The van der Waals surface area contributed by atoms with E-state index in [1.165, 1.54) is 0 Å². The monoisotopic (exact) mass is 255 g/mol. The third-order valence-corrected chi connectivity index (χ3v) is 3.66. The van der Waals surface area contributed by atoms with Gasteiger partial charge in [-0.25, -0.2) is 0 Å². The largest absolute Gasteiger partial charge is 0.379 e. The molecule has 1 aromatic heterocycles. The first-order chi connectivity index (χ1) is 9.09. The Bertz CT molecular complexity index is 743. The van der Waals surface area contributed by atoms with E-state index < -0.39 is 0 Å². The zero-order chi connectivity index (χ0) is 13.6. The molecule has 1 aromatic carbocycles. The van der Waals surface area contributed by atoms with Crippen LogP contribution in [0.15, 0.2) is 34.1 Å². The van der Waals surface area contributed by atoms with Crippen molar-refractivity contribution in [1.29, 1.82) is 0 Å². The quantitative estimate of drug-likeness (QED) is 0.784. The number of rotatable bonds is 0. The normalized spacial score (nSPS) is 18.5. The van der Waals surface area contributed by atoms with Gasteiger partial charge >= 0.3 is 0 Å². The van der Waals surface area contributed by atoms with E-state index in [0.29, 0.717) is 12.1 Å². The van der Waals surface area contributed by atoms with Crippen LogP contribution in [0.3, 0.4) is 0 Å². The molecule has 19 heavy (non-hydrogen) atoms. The number of nitrogens with one attached hydrogen (secondary N) is 1. The molecule has 1 aliphatic heterocycles. The molecule has 0 radical (unpaired) electrons. The molecular formula is C15H17N3O. The molecule has 0 unspecified atom stereocenters. The molecule has 1 N–H and O–H groups in total. The Morgan fingerprint density at radius 2 is 2.11 bits per heavy atom. The summed E-state index contributed by atoms with van der Waals surface area (Å²) in [5.74, 6) is 0. The van der Waals surface area contributed by atoms with E-state index in [9.17, 15) is 4.79 Å².